The van der Waals surface area contributed by atoms with Gasteiger partial charge in [0.15, 0.2) is 11.6 Å². The van der Waals surface area contributed by atoms with Crippen molar-refractivity contribution in [2.45, 2.75) is 12.8 Å². The van der Waals surface area contributed by atoms with Crippen molar-refractivity contribution in [2.75, 3.05) is 23.6 Å². The lowest BCUT2D eigenvalue weighted by Gasteiger charge is -2.22. The third kappa shape index (κ3) is 4.14. The van der Waals surface area contributed by atoms with Gasteiger partial charge in [0.2, 0.25) is 10.0 Å². The molecule has 2 N–H and O–H groups in total. The Hall–Kier alpha value is -1.21. The molecule has 0 radical (unpaired) electrons. The topological polar surface area (TPSA) is 58.2 Å². The fourth-order valence-corrected chi connectivity index (χ4v) is 3.63. The van der Waals surface area contributed by atoms with E-state index in [1.165, 1.54) is 6.07 Å². The number of anilines is 1. The molecule has 1 atom stereocenters. The molecule has 1 aromatic rings. The maximum atomic E-state index is 13.0. The van der Waals surface area contributed by atoms with Crippen molar-refractivity contribution in [3.8, 4) is 0 Å². The summed E-state index contributed by atoms with van der Waals surface area (Å²) in [5.41, 5.74) is 0.0441. The lowest BCUT2D eigenvalue weighted by atomic mass is 10.0. The Labute approximate surface area is 111 Å². The number of halogens is 2. The van der Waals surface area contributed by atoms with E-state index in [4.69, 9.17) is 0 Å². The van der Waals surface area contributed by atoms with Gasteiger partial charge in [0.05, 0.1) is 11.4 Å². The first-order chi connectivity index (χ1) is 8.96. The van der Waals surface area contributed by atoms with Crippen LogP contribution in [-0.4, -0.2) is 27.3 Å². The number of piperidine rings is 1. The molecule has 1 fully saturated rings. The Morgan fingerprint density at radius 1 is 1.32 bits per heavy atom. The van der Waals surface area contributed by atoms with Crippen molar-refractivity contribution in [3.05, 3.63) is 29.8 Å². The van der Waals surface area contributed by atoms with E-state index in [1.807, 2.05) is 0 Å². The van der Waals surface area contributed by atoms with Gasteiger partial charge in [0, 0.05) is 6.07 Å². The van der Waals surface area contributed by atoms with Crippen LogP contribution in [0.3, 0.4) is 0 Å². The Kier molecular flexibility index (Phi) is 4.36. The van der Waals surface area contributed by atoms with Gasteiger partial charge in [-0.3, -0.25) is 4.72 Å². The molecule has 1 aliphatic rings. The minimum Gasteiger partial charge on any atom is -0.316 e. The second-order valence-electron chi connectivity index (χ2n) is 4.72. The number of nitrogens with one attached hydrogen (secondary N) is 2. The van der Waals surface area contributed by atoms with E-state index in [-0.39, 0.29) is 17.4 Å². The summed E-state index contributed by atoms with van der Waals surface area (Å²) in [5.74, 6) is -2.03. The van der Waals surface area contributed by atoms with Gasteiger partial charge in [0.25, 0.3) is 0 Å². The van der Waals surface area contributed by atoms with Crippen molar-refractivity contribution in [2.24, 2.45) is 5.92 Å². The van der Waals surface area contributed by atoms with Crippen molar-refractivity contribution in [1.82, 2.24) is 5.32 Å². The largest absolute Gasteiger partial charge is 0.316 e. The van der Waals surface area contributed by atoms with Gasteiger partial charge in [-0.1, -0.05) is 0 Å². The number of benzene rings is 1. The maximum Gasteiger partial charge on any atom is 0.233 e. The predicted molar refractivity (Wildman–Crippen MR) is 69.4 cm³/mol. The Balaban J connectivity index is 2.01. The van der Waals surface area contributed by atoms with Crippen LogP contribution in [0.4, 0.5) is 14.5 Å². The molecular formula is C12H16F2N2O2S. The first-order valence-corrected chi connectivity index (χ1v) is 7.78. The normalized spacial score (nSPS) is 20.2. The van der Waals surface area contributed by atoms with Crippen molar-refractivity contribution in [3.63, 3.8) is 0 Å². The highest BCUT2D eigenvalue weighted by Gasteiger charge is 2.21. The zero-order chi connectivity index (χ0) is 13.9. The molecule has 0 bridgehead atoms. The van der Waals surface area contributed by atoms with Crippen LogP contribution in [0.1, 0.15) is 12.8 Å². The fourth-order valence-electron chi connectivity index (χ4n) is 2.16. The second-order valence-corrected chi connectivity index (χ2v) is 6.49. The summed E-state index contributed by atoms with van der Waals surface area (Å²) >= 11 is 0. The standard InChI is InChI=1S/C12H16F2N2O2S/c13-11-4-3-10(6-12(11)14)16-19(17,18)8-9-2-1-5-15-7-9/h3-4,6,9,15-16H,1-2,5,7-8H2. The van der Waals surface area contributed by atoms with E-state index in [1.54, 1.807) is 0 Å². The Morgan fingerprint density at radius 3 is 2.74 bits per heavy atom. The summed E-state index contributed by atoms with van der Waals surface area (Å²) in [6.45, 7) is 1.58. The molecule has 0 saturated carbocycles. The van der Waals surface area contributed by atoms with E-state index in [0.717, 1.165) is 31.5 Å². The molecule has 0 spiro atoms. The number of sulfonamides is 1. The molecule has 2 rings (SSSR count). The van der Waals surface area contributed by atoms with Gasteiger partial charge in [-0.05, 0) is 44.0 Å². The van der Waals surface area contributed by atoms with E-state index in [9.17, 15) is 17.2 Å². The van der Waals surface area contributed by atoms with Crippen LogP contribution in [0.5, 0.6) is 0 Å². The molecule has 0 aromatic heterocycles. The quantitative estimate of drug-likeness (QED) is 0.887. The van der Waals surface area contributed by atoms with Gasteiger partial charge in [-0.2, -0.15) is 0 Å². The van der Waals surface area contributed by atoms with Crippen LogP contribution in [0.2, 0.25) is 0 Å². The highest BCUT2D eigenvalue weighted by atomic mass is 32.2. The lowest BCUT2D eigenvalue weighted by molar-refractivity contribution is 0.404. The monoisotopic (exact) mass is 290 g/mol. The average molecular weight is 290 g/mol. The maximum absolute atomic E-state index is 13.0. The number of rotatable bonds is 4. The number of hydrogen-bond acceptors (Lipinski definition) is 3. The van der Waals surface area contributed by atoms with Crippen LogP contribution < -0.4 is 10.0 Å². The Bertz CT molecular complexity index is 543. The highest BCUT2D eigenvalue weighted by molar-refractivity contribution is 7.92. The minimum atomic E-state index is -3.54. The predicted octanol–water partition coefficient (Wildman–Crippen LogP) is 1.71. The zero-order valence-corrected chi connectivity index (χ0v) is 11.1. The van der Waals surface area contributed by atoms with E-state index >= 15 is 0 Å². The first-order valence-electron chi connectivity index (χ1n) is 6.12. The summed E-state index contributed by atoms with van der Waals surface area (Å²) < 4.78 is 51.8. The van der Waals surface area contributed by atoms with Crippen molar-refractivity contribution < 1.29 is 17.2 Å². The summed E-state index contributed by atoms with van der Waals surface area (Å²) in [6.07, 6.45) is 1.80. The summed E-state index contributed by atoms with van der Waals surface area (Å²) in [5, 5.41) is 3.14. The van der Waals surface area contributed by atoms with Crippen LogP contribution >= 0.6 is 0 Å². The summed E-state index contributed by atoms with van der Waals surface area (Å²) in [7, 11) is -3.54. The summed E-state index contributed by atoms with van der Waals surface area (Å²) in [4.78, 5) is 0. The molecule has 106 valence electrons. The molecule has 1 saturated heterocycles. The summed E-state index contributed by atoms with van der Waals surface area (Å²) in [6, 6.07) is 2.94. The second kappa shape index (κ2) is 5.83. The van der Waals surface area contributed by atoms with Gasteiger partial charge >= 0.3 is 0 Å². The molecule has 0 amide bonds. The first kappa shape index (κ1) is 14.2. The van der Waals surface area contributed by atoms with Gasteiger partial charge in [-0.15, -0.1) is 0 Å². The minimum absolute atomic E-state index is 0.0149. The lowest BCUT2D eigenvalue weighted by Crippen LogP contribution is -2.35. The van der Waals surface area contributed by atoms with Crippen molar-refractivity contribution >= 4 is 15.7 Å². The molecule has 1 aliphatic heterocycles. The van der Waals surface area contributed by atoms with E-state index in [0.29, 0.717) is 6.54 Å². The van der Waals surface area contributed by atoms with E-state index in [2.05, 4.69) is 10.0 Å². The third-order valence-corrected chi connectivity index (χ3v) is 4.50. The molecule has 7 heteroatoms. The zero-order valence-electron chi connectivity index (χ0n) is 10.3. The molecular weight excluding hydrogens is 274 g/mol. The molecule has 1 aromatic carbocycles. The van der Waals surface area contributed by atoms with Crippen LogP contribution in [0.15, 0.2) is 18.2 Å². The average Bonchev–Trinajstić information content (AvgIpc) is 2.34. The highest BCUT2D eigenvalue weighted by Crippen LogP contribution is 2.17. The molecule has 0 aliphatic carbocycles. The van der Waals surface area contributed by atoms with Crippen LogP contribution in [-0.2, 0) is 10.0 Å². The molecule has 1 unspecified atom stereocenters. The third-order valence-electron chi connectivity index (χ3n) is 3.05. The van der Waals surface area contributed by atoms with Crippen molar-refractivity contribution in [1.29, 1.82) is 0 Å². The Morgan fingerprint density at radius 2 is 2.11 bits per heavy atom. The van der Waals surface area contributed by atoms with Gasteiger partial charge < -0.3 is 5.32 Å². The van der Waals surface area contributed by atoms with Gasteiger partial charge in [-0.25, -0.2) is 17.2 Å². The van der Waals surface area contributed by atoms with E-state index < -0.39 is 21.7 Å². The van der Waals surface area contributed by atoms with Crippen LogP contribution in [0.25, 0.3) is 0 Å². The number of hydrogen-bond donors (Lipinski definition) is 2. The fraction of sp³-hybridized carbons (Fsp3) is 0.500. The molecule has 19 heavy (non-hydrogen) atoms. The van der Waals surface area contributed by atoms with Crippen LogP contribution in [0, 0.1) is 17.6 Å². The molecule has 1 heterocycles. The SMILES string of the molecule is O=S(=O)(CC1CCCNC1)Nc1ccc(F)c(F)c1. The molecule has 4 nitrogen and oxygen atoms in total. The smallest absolute Gasteiger partial charge is 0.233 e. The van der Waals surface area contributed by atoms with Gasteiger partial charge in [0.1, 0.15) is 0 Å².